The second-order valence-electron chi connectivity index (χ2n) is 7.56. The zero-order valence-electron chi connectivity index (χ0n) is 17.7. The van der Waals surface area contributed by atoms with E-state index >= 15 is 0 Å². The van der Waals surface area contributed by atoms with Crippen molar-refractivity contribution in [3.8, 4) is 11.5 Å². The molecule has 172 valence electrons. The van der Waals surface area contributed by atoms with E-state index in [1.807, 2.05) is 35.7 Å². The molecule has 2 aliphatic rings. The van der Waals surface area contributed by atoms with Crippen LogP contribution in [0.15, 0.2) is 46.9 Å². The number of tetrazole rings is 1. The molecule has 0 N–H and O–H groups in total. The maximum absolute atomic E-state index is 12.9. The van der Waals surface area contributed by atoms with Gasteiger partial charge >= 0.3 is 0 Å². The van der Waals surface area contributed by atoms with Crippen molar-refractivity contribution < 1.29 is 19.1 Å². The van der Waals surface area contributed by atoms with Crippen LogP contribution in [0.4, 0.5) is 0 Å². The number of thiophene rings is 1. The van der Waals surface area contributed by atoms with Gasteiger partial charge in [-0.05, 0) is 34.0 Å². The molecule has 2 amide bonds. The Morgan fingerprint density at radius 1 is 1.06 bits per heavy atom. The molecule has 0 bridgehead atoms. The zero-order valence-corrected chi connectivity index (χ0v) is 19.3. The summed E-state index contributed by atoms with van der Waals surface area (Å²) in [5, 5.41) is 14.4. The van der Waals surface area contributed by atoms with Crippen LogP contribution in [0.25, 0.3) is 0 Å². The van der Waals surface area contributed by atoms with Crippen LogP contribution in [0, 0.1) is 0 Å². The van der Waals surface area contributed by atoms with Crippen LogP contribution in [-0.2, 0) is 16.1 Å². The predicted molar refractivity (Wildman–Crippen MR) is 121 cm³/mol. The highest BCUT2D eigenvalue weighted by molar-refractivity contribution is 7.99. The summed E-state index contributed by atoms with van der Waals surface area (Å²) in [7, 11) is 0. The molecule has 1 saturated heterocycles. The Morgan fingerprint density at radius 2 is 1.85 bits per heavy atom. The minimum atomic E-state index is -0.667. The van der Waals surface area contributed by atoms with E-state index in [4.69, 9.17) is 9.47 Å². The van der Waals surface area contributed by atoms with E-state index in [1.165, 1.54) is 11.8 Å². The first-order chi connectivity index (χ1) is 16.2. The maximum Gasteiger partial charge on any atom is 0.267 e. The summed E-state index contributed by atoms with van der Waals surface area (Å²) in [6.45, 7) is 2.66. The van der Waals surface area contributed by atoms with Crippen molar-refractivity contribution in [2.24, 2.45) is 0 Å². The molecule has 2 aromatic heterocycles. The van der Waals surface area contributed by atoms with Gasteiger partial charge in [-0.3, -0.25) is 9.59 Å². The summed E-state index contributed by atoms with van der Waals surface area (Å²) >= 11 is 2.96. The molecule has 10 nitrogen and oxygen atoms in total. The number of benzene rings is 1. The number of thioether (sulfide) groups is 1. The number of carbonyl (C=O) groups excluding carboxylic acids is 2. The van der Waals surface area contributed by atoms with Crippen molar-refractivity contribution in [3.63, 3.8) is 0 Å². The molecule has 0 spiro atoms. The van der Waals surface area contributed by atoms with E-state index in [9.17, 15) is 9.59 Å². The number of hydrogen-bond donors (Lipinski definition) is 0. The van der Waals surface area contributed by atoms with Crippen LogP contribution in [0.2, 0.25) is 0 Å². The number of para-hydroxylation sites is 2. The average Bonchev–Trinajstić information content (AvgIpc) is 3.54. The number of amides is 2. The number of fused-ring (bicyclic) bond motifs is 1. The molecule has 0 radical (unpaired) electrons. The third-order valence-electron chi connectivity index (χ3n) is 5.44. The van der Waals surface area contributed by atoms with Crippen LogP contribution < -0.4 is 9.47 Å². The zero-order chi connectivity index (χ0) is 22.6. The lowest BCUT2D eigenvalue weighted by Gasteiger charge is -2.37. The van der Waals surface area contributed by atoms with Gasteiger partial charge in [-0.2, -0.15) is 0 Å². The Morgan fingerprint density at radius 3 is 2.64 bits per heavy atom. The second-order valence-corrected chi connectivity index (χ2v) is 9.53. The number of carbonyl (C=O) groups is 2. The first-order valence-electron chi connectivity index (χ1n) is 10.5. The summed E-state index contributed by atoms with van der Waals surface area (Å²) in [6.07, 6.45) is -0.667. The molecule has 33 heavy (non-hydrogen) atoms. The van der Waals surface area contributed by atoms with Gasteiger partial charge in [-0.25, -0.2) is 4.68 Å². The topological polar surface area (TPSA) is 103 Å². The van der Waals surface area contributed by atoms with Gasteiger partial charge in [-0.1, -0.05) is 30.0 Å². The van der Waals surface area contributed by atoms with Crippen LogP contribution in [0.5, 0.6) is 11.5 Å². The van der Waals surface area contributed by atoms with Gasteiger partial charge in [0.05, 0.1) is 12.3 Å². The molecule has 5 rings (SSSR count). The quantitative estimate of drug-likeness (QED) is 0.482. The molecular weight excluding hydrogens is 464 g/mol. The summed E-state index contributed by atoms with van der Waals surface area (Å²) in [6, 6.07) is 11.3. The van der Waals surface area contributed by atoms with Gasteiger partial charge in [0, 0.05) is 31.1 Å². The first-order valence-corrected chi connectivity index (χ1v) is 12.4. The van der Waals surface area contributed by atoms with Gasteiger partial charge in [0.15, 0.2) is 11.5 Å². The lowest BCUT2D eigenvalue weighted by atomic mass is 10.2. The summed E-state index contributed by atoms with van der Waals surface area (Å²) < 4.78 is 13.2. The number of ether oxygens (including phenoxy) is 2. The predicted octanol–water partition coefficient (Wildman–Crippen LogP) is 1.39. The molecule has 3 aromatic rings. The van der Waals surface area contributed by atoms with Gasteiger partial charge in [0.2, 0.25) is 17.2 Å². The third kappa shape index (κ3) is 4.96. The van der Waals surface area contributed by atoms with Crippen molar-refractivity contribution in [1.82, 2.24) is 30.0 Å². The molecule has 1 unspecified atom stereocenters. The number of rotatable bonds is 6. The van der Waals surface area contributed by atoms with Gasteiger partial charge in [0.25, 0.3) is 5.91 Å². The Kier molecular flexibility index (Phi) is 6.44. The molecule has 1 atom stereocenters. The van der Waals surface area contributed by atoms with Gasteiger partial charge < -0.3 is 19.3 Å². The smallest absolute Gasteiger partial charge is 0.267 e. The van der Waals surface area contributed by atoms with E-state index in [0.29, 0.717) is 49.4 Å². The number of hydrogen-bond acceptors (Lipinski definition) is 9. The molecule has 0 saturated carbocycles. The van der Waals surface area contributed by atoms with Gasteiger partial charge in [0.1, 0.15) is 6.61 Å². The van der Waals surface area contributed by atoms with Crippen molar-refractivity contribution in [1.29, 1.82) is 0 Å². The summed E-state index contributed by atoms with van der Waals surface area (Å²) in [5.41, 5.74) is 0. The van der Waals surface area contributed by atoms with E-state index in [0.717, 1.165) is 4.88 Å². The van der Waals surface area contributed by atoms with Gasteiger partial charge in [-0.15, -0.1) is 16.4 Å². The van der Waals surface area contributed by atoms with Crippen molar-refractivity contribution in [2.45, 2.75) is 17.8 Å². The highest BCUT2D eigenvalue weighted by atomic mass is 32.2. The Bertz CT molecular complexity index is 1110. The largest absolute Gasteiger partial charge is 0.485 e. The Balaban J connectivity index is 1.09. The van der Waals surface area contributed by atoms with Crippen molar-refractivity contribution in [2.75, 3.05) is 38.5 Å². The van der Waals surface area contributed by atoms with Crippen LogP contribution >= 0.6 is 23.1 Å². The lowest BCUT2D eigenvalue weighted by Crippen LogP contribution is -2.55. The lowest BCUT2D eigenvalue weighted by molar-refractivity contribution is -0.145. The van der Waals surface area contributed by atoms with Crippen LogP contribution in [0.3, 0.4) is 0 Å². The van der Waals surface area contributed by atoms with Crippen molar-refractivity contribution in [3.05, 3.63) is 46.7 Å². The van der Waals surface area contributed by atoms with Crippen LogP contribution in [-0.4, -0.2) is 86.5 Å². The summed E-state index contributed by atoms with van der Waals surface area (Å²) in [5.74, 6) is 1.36. The molecule has 2 aliphatic heterocycles. The average molecular weight is 487 g/mol. The molecule has 12 heteroatoms. The number of aromatic nitrogens is 4. The molecule has 1 fully saturated rings. The minimum Gasteiger partial charge on any atom is -0.485 e. The maximum atomic E-state index is 12.9. The van der Waals surface area contributed by atoms with E-state index < -0.39 is 6.10 Å². The minimum absolute atomic E-state index is 0.00366. The number of nitrogens with zero attached hydrogens (tertiary/aromatic N) is 6. The van der Waals surface area contributed by atoms with Crippen molar-refractivity contribution >= 4 is 34.9 Å². The fourth-order valence-electron chi connectivity index (χ4n) is 3.69. The first kappa shape index (κ1) is 21.7. The fourth-order valence-corrected chi connectivity index (χ4v) is 5.15. The van der Waals surface area contributed by atoms with E-state index in [2.05, 4.69) is 15.5 Å². The SMILES string of the molecule is O=C(CSc1nnnn1Cc1cccs1)N1CCN(C(=O)C2COc3ccccc3O2)CC1. The molecule has 1 aromatic carbocycles. The Labute approximate surface area is 198 Å². The molecule has 0 aliphatic carbocycles. The third-order valence-corrected chi connectivity index (χ3v) is 7.24. The standard InChI is InChI=1S/C21H22N6O4S2/c28-19(14-33-21-22-23-24-27(21)12-15-4-3-11-32-15)25-7-9-26(10-8-25)20(29)18-13-30-16-5-1-2-6-17(16)31-18/h1-6,11,18H,7-10,12-14H2. The monoisotopic (exact) mass is 486 g/mol. The van der Waals surface area contributed by atoms with E-state index in [-0.39, 0.29) is 24.2 Å². The highest BCUT2D eigenvalue weighted by Gasteiger charge is 2.33. The van der Waals surface area contributed by atoms with Crippen LogP contribution in [0.1, 0.15) is 4.88 Å². The highest BCUT2D eigenvalue weighted by Crippen LogP contribution is 2.31. The Hall–Kier alpha value is -3.12. The molecular formula is C21H22N6O4S2. The summed E-state index contributed by atoms with van der Waals surface area (Å²) in [4.78, 5) is 30.3. The molecule has 4 heterocycles. The normalized spacial score (nSPS) is 17.8. The number of piperazine rings is 1. The second kappa shape index (κ2) is 9.79. The fraction of sp³-hybridized carbons (Fsp3) is 0.381. The van der Waals surface area contributed by atoms with E-state index in [1.54, 1.807) is 31.9 Å².